The van der Waals surface area contributed by atoms with Gasteiger partial charge in [-0.15, -0.1) is 0 Å². The molecule has 0 fully saturated rings. The smallest absolute Gasteiger partial charge is 0.322 e. The van der Waals surface area contributed by atoms with Gasteiger partial charge in [-0.1, -0.05) is 24.3 Å². The molecule has 9 heteroatoms. The van der Waals surface area contributed by atoms with Gasteiger partial charge in [0.25, 0.3) is 5.56 Å². The molecule has 30 heavy (non-hydrogen) atoms. The molecule has 3 rings (SSSR count). The molecule has 0 spiro atoms. The average molecular weight is 431 g/mol. The lowest BCUT2D eigenvalue weighted by Crippen LogP contribution is -2.10. The molecule has 0 aliphatic heterocycles. The highest BCUT2D eigenvalue weighted by atomic mass is 32.2. The molecule has 0 aliphatic carbocycles. The van der Waals surface area contributed by atoms with Crippen molar-refractivity contribution < 1.29 is 18.0 Å². The third-order valence-electron chi connectivity index (χ3n) is 3.81. The van der Waals surface area contributed by atoms with E-state index in [4.69, 9.17) is 0 Å². The monoisotopic (exact) mass is 431 g/mol. The minimum atomic E-state index is -4.34. The number of benzene rings is 2. The normalized spacial score (nSPS) is 11.6. The average Bonchev–Trinajstić information content (AvgIpc) is 2.66. The number of aromatic amines is 1. The summed E-state index contributed by atoms with van der Waals surface area (Å²) in [5.41, 5.74) is -2.31. The van der Waals surface area contributed by atoms with Gasteiger partial charge in [0.1, 0.15) is 5.82 Å². The summed E-state index contributed by atoms with van der Waals surface area (Å²) in [4.78, 5) is 30.8. The Morgan fingerprint density at radius 2 is 1.87 bits per heavy atom. The fraction of sp³-hybridized carbons (Fsp3) is 0.0952. The second-order valence-corrected chi connectivity index (χ2v) is 7.39. The van der Waals surface area contributed by atoms with Crippen molar-refractivity contribution in [2.24, 2.45) is 0 Å². The van der Waals surface area contributed by atoms with E-state index in [-0.39, 0.29) is 22.2 Å². The van der Waals surface area contributed by atoms with Crippen LogP contribution in [0.5, 0.6) is 0 Å². The number of H-pyrrole nitrogens is 1. The number of carbonyl (C=O) groups excluding carboxylic acids is 1. The van der Waals surface area contributed by atoms with Gasteiger partial charge in [0.15, 0.2) is 0 Å². The highest BCUT2D eigenvalue weighted by Crippen LogP contribution is 2.36. The van der Waals surface area contributed by atoms with Crippen LogP contribution in [0.4, 0.5) is 18.9 Å². The Hall–Kier alpha value is -3.33. The molecule has 0 atom stereocenters. The van der Waals surface area contributed by atoms with Crippen molar-refractivity contribution in [3.63, 3.8) is 0 Å². The first-order chi connectivity index (χ1) is 14.2. The van der Waals surface area contributed by atoms with Crippen molar-refractivity contribution in [2.45, 2.75) is 17.3 Å². The van der Waals surface area contributed by atoms with Crippen molar-refractivity contribution in [1.82, 2.24) is 9.97 Å². The van der Waals surface area contributed by atoms with E-state index in [1.54, 1.807) is 31.2 Å². The minimum Gasteiger partial charge on any atom is -0.322 e. The van der Waals surface area contributed by atoms with Crippen LogP contribution < -0.4 is 10.9 Å². The van der Waals surface area contributed by atoms with Crippen LogP contribution in [0.3, 0.4) is 0 Å². The number of hydrogen-bond acceptors (Lipinski definition) is 4. The lowest BCUT2D eigenvalue weighted by Gasteiger charge is -2.06. The number of aryl methyl sites for hydroxylation is 1. The lowest BCUT2D eigenvalue weighted by molar-refractivity contribution is -0.111. The standard InChI is InChI=1S/C21H16F3N3O2S/c1-13-11-19(29)27-20(25-13)15-3-2-4-16(12-15)26-18(28)10-7-14-5-8-17(9-6-14)30-21(22,23)24/h2-12H,1H3,(H,26,28)(H,25,27,29). The van der Waals surface area contributed by atoms with Crippen LogP contribution in [0.2, 0.25) is 0 Å². The van der Waals surface area contributed by atoms with Gasteiger partial charge in [-0.2, -0.15) is 13.2 Å². The Bertz CT molecular complexity index is 1140. The third-order valence-corrected chi connectivity index (χ3v) is 4.55. The second-order valence-electron chi connectivity index (χ2n) is 6.26. The molecule has 0 radical (unpaired) electrons. The van der Waals surface area contributed by atoms with Gasteiger partial charge in [0.2, 0.25) is 5.91 Å². The van der Waals surface area contributed by atoms with Gasteiger partial charge < -0.3 is 10.3 Å². The number of anilines is 1. The van der Waals surface area contributed by atoms with Crippen molar-refractivity contribution in [3.05, 3.63) is 82.3 Å². The number of amides is 1. The largest absolute Gasteiger partial charge is 0.446 e. The summed E-state index contributed by atoms with van der Waals surface area (Å²) < 4.78 is 37.1. The summed E-state index contributed by atoms with van der Waals surface area (Å²) in [5, 5.41) is 2.70. The minimum absolute atomic E-state index is 0.0729. The van der Waals surface area contributed by atoms with E-state index in [1.165, 1.54) is 42.5 Å². The molecule has 1 heterocycles. The Morgan fingerprint density at radius 1 is 1.13 bits per heavy atom. The van der Waals surface area contributed by atoms with E-state index in [1.807, 2.05) is 0 Å². The maximum Gasteiger partial charge on any atom is 0.446 e. The fourth-order valence-electron chi connectivity index (χ4n) is 2.60. The molecule has 1 aromatic heterocycles. The molecular weight excluding hydrogens is 415 g/mol. The van der Waals surface area contributed by atoms with Crippen LogP contribution in [0, 0.1) is 6.92 Å². The first kappa shape index (κ1) is 21.4. The lowest BCUT2D eigenvalue weighted by atomic mass is 10.1. The zero-order chi connectivity index (χ0) is 21.7. The zero-order valence-electron chi connectivity index (χ0n) is 15.7. The van der Waals surface area contributed by atoms with E-state index >= 15 is 0 Å². The predicted molar refractivity (Wildman–Crippen MR) is 111 cm³/mol. The Kier molecular flexibility index (Phi) is 6.41. The maximum atomic E-state index is 12.4. The van der Waals surface area contributed by atoms with E-state index in [9.17, 15) is 22.8 Å². The molecule has 3 aromatic rings. The maximum absolute atomic E-state index is 12.4. The summed E-state index contributed by atoms with van der Waals surface area (Å²) in [7, 11) is 0. The van der Waals surface area contributed by atoms with Gasteiger partial charge >= 0.3 is 5.51 Å². The molecule has 154 valence electrons. The number of nitrogens with one attached hydrogen (secondary N) is 2. The van der Waals surface area contributed by atoms with Crippen molar-refractivity contribution in [1.29, 1.82) is 0 Å². The van der Waals surface area contributed by atoms with Crippen LogP contribution >= 0.6 is 11.8 Å². The van der Waals surface area contributed by atoms with Crippen LogP contribution in [0.1, 0.15) is 11.3 Å². The number of thioether (sulfide) groups is 1. The highest BCUT2D eigenvalue weighted by molar-refractivity contribution is 8.00. The summed E-state index contributed by atoms with van der Waals surface area (Å²) in [5.74, 6) is -0.0185. The zero-order valence-corrected chi connectivity index (χ0v) is 16.5. The van der Waals surface area contributed by atoms with Crippen LogP contribution in [0.15, 0.2) is 70.4 Å². The van der Waals surface area contributed by atoms with Crippen molar-refractivity contribution >= 4 is 29.4 Å². The Labute approximate surface area is 174 Å². The van der Waals surface area contributed by atoms with Crippen molar-refractivity contribution in [2.75, 3.05) is 5.32 Å². The van der Waals surface area contributed by atoms with E-state index in [0.29, 0.717) is 28.3 Å². The number of aromatic nitrogens is 2. The number of alkyl halides is 3. The molecular formula is C21H16F3N3O2S. The SMILES string of the molecule is Cc1cc(=O)[nH]c(-c2cccc(NC(=O)C=Cc3ccc(SC(F)(F)F)cc3)c2)n1. The van der Waals surface area contributed by atoms with Crippen LogP contribution in [-0.2, 0) is 4.79 Å². The number of rotatable bonds is 5. The van der Waals surface area contributed by atoms with Gasteiger partial charge in [0.05, 0.1) is 0 Å². The van der Waals surface area contributed by atoms with Crippen LogP contribution in [0.25, 0.3) is 17.5 Å². The Balaban J connectivity index is 1.67. The third kappa shape index (κ3) is 6.35. The van der Waals surface area contributed by atoms with E-state index < -0.39 is 11.4 Å². The predicted octanol–water partition coefficient (Wildman–Crippen LogP) is 5.01. The number of carbonyl (C=O) groups is 1. The van der Waals surface area contributed by atoms with Gasteiger partial charge in [0, 0.05) is 34.0 Å². The number of halogens is 3. The summed E-state index contributed by atoms with van der Waals surface area (Å²) in [6.45, 7) is 1.71. The first-order valence-corrected chi connectivity index (χ1v) is 9.53. The van der Waals surface area contributed by atoms with E-state index in [0.717, 1.165) is 0 Å². The summed E-state index contributed by atoms with van der Waals surface area (Å²) in [6, 6.07) is 13.9. The molecule has 0 saturated carbocycles. The quantitative estimate of drug-likeness (QED) is 0.440. The molecule has 2 N–H and O–H groups in total. The Morgan fingerprint density at radius 3 is 2.53 bits per heavy atom. The number of hydrogen-bond donors (Lipinski definition) is 2. The summed E-state index contributed by atoms with van der Waals surface area (Å²) >= 11 is -0.194. The molecule has 0 unspecified atom stereocenters. The van der Waals surface area contributed by atoms with E-state index in [2.05, 4.69) is 15.3 Å². The van der Waals surface area contributed by atoms with Crippen LogP contribution in [-0.4, -0.2) is 21.4 Å². The highest BCUT2D eigenvalue weighted by Gasteiger charge is 2.28. The molecule has 5 nitrogen and oxygen atoms in total. The second kappa shape index (κ2) is 9.00. The number of nitrogens with zero attached hydrogens (tertiary/aromatic N) is 1. The topological polar surface area (TPSA) is 74.8 Å². The molecule has 2 aromatic carbocycles. The van der Waals surface area contributed by atoms with Gasteiger partial charge in [-0.25, -0.2) is 4.98 Å². The fourth-order valence-corrected chi connectivity index (χ4v) is 3.14. The summed E-state index contributed by atoms with van der Waals surface area (Å²) in [6.07, 6.45) is 2.78. The molecule has 0 aliphatic rings. The van der Waals surface area contributed by atoms with Gasteiger partial charge in [-0.3, -0.25) is 9.59 Å². The molecule has 1 amide bonds. The molecule has 0 saturated heterocycles. The van der Waals surface area contributed by atoms with Crippen molar-refractivity contribution in [3.8, 4) is 11.4 Å². The molecule has 0 bridgehead atoms. The first-order valence-electron chi connectivity index (χ1n) is 8.71. The van der Waals surface area contributed by atoms with Gasteiger partial charge in [-0.05, 0) is 54.6 Å².